The van der Waals surface area contributed by atoms with Gasteiger partial charge in [-0.3, -0.25) is 9.52 Å². The van der Waals surface area contributed by atoms with Crippen LogP contribution in [-0.4, -0.2) is 46.1 Å². The van der Waals surface area contributed by atoms with Crippen molar-refractivity contribution < 1.29 is 26.4 Å². The van der Waals surface area contributed by atoms with Crippen molar-refractivity contribution in [2.24, 2.45) is 0 Å². The molecule has 0 radical (unpaired) electrons. The monoisotopic (exact) mass is 722 g/mol. The van der Waals surface area contributed by atoms with Crippen molar-refractivity contribution in [2.45, 2.75) is 174 Å². The number of allylic oxidation sites excluding steroid dienone is 3. The van der Waals surface area contributed by atoms with Crippen LogP contribution in [0.1, 0.15) is 163 Å². The van der Waals surface area contributed by atoms with Crippen molar-refractivity contribution in [1.29, 1.82) is 0 Å². The van der Waals surface area contributed by atoms with Crippen LogP contribution in [0.5, 0.6) is 5.75 Å². The molecule has 0 heterocycles. The number of Topliss-reactive ketones (excluding diaryl/α,β-unsaturated/α-hetero) is 1. The fraction of sp³-hybridized carbons (Fsp3) is 0.718. The van der Waals surface area contributed by atoms with Crippen molar-refractivity contribution in [2.75, 3.05) is 13.2 Å². The molecule has 0 spiro atoms. The average molecular weight is 723 g/mol. The zero-order valence-corrected chi connectivity index (χ0v) is 33.2. The number of ketones is 1. The van der Waals surface area contributed by atoms with E-state index in [0.717, 1.165) is 76.2 Å². The van der Waals surface area contributed by atoms with Crippen LogP contribution >= 0.6 is 0 Å². The van der Waals surface area contributed by atoms with Gasteiger partial charge in [-0.1, -0.05) is 131 Å². The number of hydrogen-bond donors (Lipinski definition) is 1. The lowest BCUT2D eigenvalue weighted by Crippen LogP contribution is -2.41. The first-order valence-electron chi connectivity index (χ1n) is 19.0. The summed E-state index contributed by atoms with van der Waals surface area (Å²) in [4.78, 5) is 12.7. The number of benzene rings is 1. The quantitative estimate of drug-likeness (QED) is 0.0954. The second-order valence-corrected chi connectivity index (χ2v) is 17.8. The Morgan fingerprint density at radius 3 is 2.10 bits per heavy atom. The van der Waals surface area contributed by atoms with Crippen LogP contribution in [0.2, 0.25) is 0 Å². The second-order valence-electron chi connectivity index (χ2n) is 14.3. The van der Waals surface area contributed by atoms with Gasteiger partial charge in [-0.15, -0.1) is 0 Å². The Morgan fingerprint density at radius 1 is 0.837 bits per heavy atom. The van der Waals surface area contributed by atoms with Crippen molar-refractivity contribution in [3.63, 3.8) is 0 Å². The number of hydrogen-bond acceptors (Lipinski definition) is 6. The van der Waals surface area contributed by atoms with E-state index in [0.29, 0.717) is 19.4 Å². The van der Waals surface area contributed by atoms with Crippen LogP contribution in [0.4, 0.5) is 0 Å². The topological polar surface area (TPSA) is 110 Å². The molecule has 0 aliphatic heterocycles. The molecule has 0 fully saturated rings. The number of ether oxygens (including phenoxy) is 1. The summed E-state index contributed by atoms with van der Waals surface area (Å²) in [5, 5.41) is 0. The zero-order chi connectivity index (χ0) is 36.5. The summed E-state index contributed by atoms with van der Waals surface area (Å²) in [6.07, 6.45) is 18.5. The molecule has 1 N–H and O–H groups in total. The van der Waals surface area contributed by atoms with Crippen molar-refractivity contribution in [3.05, 3.63) is 46.5 Å². The Hall–Kier alpha value is -2.17. The summed E-state index contributed by atoms with van der Waals surface area (Å²) in [5.41, 5.74) is 0.704. The molecule has 0 saturated heterocycles. The first-order chi connectivity index (χ1) is 23.2. The SMILES string of the molecule is CCCCCCCCOc1ccc(C(C)(C)CCCCC)cc1S(=O)(=O)NC1=CCC(=O)C(S(=O)(=O)N(CCC)C(C)CCCCCC)=C1. The van der Waals surface area contributed by atoms with Crippen LogP contribution in [0.3, 0.4) is 0 Å². The first kappa shape index (κ1) is 43.0. The normalized spacial score (nSPS) is 14.9. The summed E-state index contributed by atoms with van der Waals surface area (Å²) in [7, 11) is -8.37. The highest BCUT2D eigenvalue weighted by Gasteiger charge is 2.36. The third-order valence-electron chi connectivity index (χ3n) is 9.49. The molecule has 1 aromatic rings. The molecule has 1 atom stereocenters. The van der Waals surface area contributed by atoms with Crippen molar-refractivity contribution in [3.8, 4) is 5.75 Å². The number of nitrogens with zero attached hydrogens (tertiary/aromatic N) is 1. The molecule has 1 aromatic carbocycles. The smallest absolute Gasteiger partial charge is 0.265 e. The molecular formula is C39H66N2O6S2. The van der Waals surface area contributed by atoms with Gasteiger partial charge in [-0.05, 0) is 61.8 Å². The highest BCUT2D eigenvalue weighted by atomic mass is 32.2. The number of nitrogens with one attached hydrogen (secondary N) is 1. The van der Waals surface area contributed by atoms with Crippen molar-refractivity contribution >= 4 is 25.8 Å². The molecule has 0 saturated carbocycles. The van der Waals surface area contributed by atoms with Gasteiger partial charge >= 0.3 is 0 Å². The van der Waals surface area contributed by atoms with Crippen LogP contribution in [0.25, 0.3) is 0 Å². The summed E-state index contributed by atoms with van der Waals surface area (Å²) >= 11 is 0. The van der Waals surface area contributed by atoms with Crippen LogP contribution in [0.15, 0.2) is 45.8 Å². The van der Waals surface area contributed by atoms with E-state index in [9.17, 15) is 21.6 Å². The van der Waals surface area contributed by atoms with E-state index >= 15 is 0 Å². The summed E-state index contributed by atoms with van der Waals surface area (Å²) in [6, 6.07) is 5.12. The standard InChI is InChI=1S/C39H66N2O6S2/c1-8-12-15-17-18-21-29-47-36-26-23-33(39(6,7)27-20-14-10-3)30-38(36)48(43,44)40-34-24-25-35(42)37(31-34)49(45,46)41(28-11-4)32(5)22-19-16-13-9-2/h23-24,26,30-32,40H,8-22,25,27-29H2,1-7H3. The van der Waals surface area contributed by atoms with Gasteiger partial charge < -0.3 is 4.74 Å². The predicted octanol–water partition coefficient (Wildman–Crippen LogP) is 9.70. The van der Waals surface area contributed by atoms with E-state index in [1.54, 1.807) is 12.1 Å². The van der Waals surface area contributed by atoms with Crippen LogP contribution < -0.4 is 9.46 Å². The van der Waals surface area contributed by atoms with Gasteiger partial charge in [0.2, 0.25) is 10.0 Å². The second kappa shape index (κ2) is 21.3. The molecule has 0 bridgehead atoms. The van der Waals surface area contributed by atoms with Gasteiger partial charge in [0.15, 0.2) is 5.78 Å². The zero-order valence-electron chi connectivity index (χ0n) is 31.6. The maximum absolute atomic E-state index is 14.1. The molecular weight excluding hydrogens is 657 g/mol. The van der Waals surface area contributed by atoms with E-state index in [4.69, 9.17) is 4.74 Å². The molecule has 49 heavy (non-hydrogen) atoms. The Kier molecular flexibility index (Phi) is 18.6. The fourth-order valence-corrected chi connectivity index (χ4v) is 9.44. The lowest BCUT2D eigenvalue weighted by Gasteiger charge is -2.29. The van der Waals surface area contributed by atoms with Gasteiger partial charge in [0.1, 0.15) is 15.6 Å². The number of carbonyl (C=O) groups excluding carboxylic acids is 1. The minimum absolute atomic E-state index is 0.0171. The Bertz CT molecular complexity index is 1450. The number of carbonyl (C=O) groups is 1. The average Bonchev–Trinajstić information content (AvgIpc) is 3.05. The summed E-state index contributed by atoms with van der Waals surface area (Å²) in [6.45, 7) is 15.2. The number of unbranched alkanes of at least 4 members (excludes halogenated alkanes) is 10. The molecule has 0 amide bonds. The Labute approximate surface area is 299 Å². The van der Waals surface area contributed by atoms with E-state index < -0.39 is 25.8 Å². The molecule has 280 valence electrons. The number of rotatable bonds is 26. The number of sulfonamides is 2. The maximum atomic E-state index is 14.1. The largest absolute Gasteiger partial charge is 0.492 e. The van der Waals surface area contributed by atoms with Crippen molar-refractivity contribution in [1.82, 2.24) is 9.03 Å². The lowest BCUT2D eigenvalue weighted by molar-refractivity contribution is -0.114. The molecule has 8 nitrogen and oxygen atoms in total. The Morgan fingerprint density at radius 2 is 1.45 bits per heavy atom. The lowest BCUT2D eigenvalue weighted by atomic mass is 9.80. The molecule has 1 aliphatic rings. The van der Waals surface area contributed by atoms with E-state index in [1.165, 1.54) is 35.7 Å². The first-order valence-corrected chi connectivity index (χ1v) is 21.9. The molecule has 1 unspecified atom stereocenters. The van der Waals surface area contributed by atoms with Crippen LogP contribution in [-0.2, 0) is 30.3 Å². The third kappa shape index (κ3) is 13.5. The molecule has 1 aliphatic carbocycles. The van der Waals surface area contributed by atoms with Gasteiger partial charge in [-0.25, -0.2) is 16.8 Å². The summed E-state index contributed by atoms with van der Waals surface area (Å²) in [5.74, 6) is -0.273. The van der Waals surface area contributed by atoms with E-state index in [-0.39, 0.29) is 45.7 Å². The van der Waals surface area contributed by atoms with Gasteiger partial charge in [0, 0.05) is 24.7 Å². The van der Waals surface area contributed by atoms with Gasteiger partial charge in [0.05, 0.1) is 6.61 Å². The molecule has 10 heteroatoms. The van der Waals surface area contributed by atoms with Gasteiger partial charge in [-0.2, -0.15) is 4.31 Å². The predicted molar refractivity (Wildman–Crippen MR) is 203 cm³/mol. The van der Waals surface area contributed by atoms with E-state index in [1.807, 2.05) is 19.9 Å². The minimum atomic E-state index is -4.21. The molecule has 2 rings (SSSR count). The highest BCUT2D eigenvalue weighted by Crippen LogP contribution is 2.35. The van der Waals surface area contributed by atoms with Gasteiger partial charge in [0.25, 0.3) is 10.0 Å². The van der Waals surface area contributed by atoms with E-state index in [2.05, 4.69) is 39.3 Å². The maximum Gasteiger partial charge on any atom is 0.265 e. The van der Waals surface area contributed by atoms with Crippen LogP contribution in [0, 0.1) is 0 Å². The minimum Gasteiger partial charge on any atom is -0.492 e. The fourth-order valence-electron chi connectivity index (χ4n) is 6.30. The third-order valence-corrected chi connectivity index (χ3v) is 13.0. The summed E-state index contributed by atoms with van der Waals surface area (Å²) < 4.78 is 66.3. The highest BCUT2D eigenvalue weighted by molar-refractivity contribution is 7.94. The molecule has 0 aromatic heterocycles. The Balaban J connectivity index is 2.41.